The highest BCUT2D eigenvalue weighted by Gasteiger charge is 2.16. The van der Waals surface area contributed by atoms with E-state index in [-0.39, 0.29) is 0 Å². The fourth-order valence-electron chi connectivity index (χ4n) is 1.90. The molecule has 4 heteroatoms. The van der Waals surface area contributed by atoms with Crippen LogP contribution in [0.2, 0.25) is 0 Å². The molecular formula is C15H16N2O2. The third-order valence-electron chi connectivity index (χ3n) is 2.83. The summed E-state index contributed by atoms with van der Waals surface area (Å²) >= 11 is 0. The average molecular weight is 256 g/mol. The number of methoxy groups -OCH3 is 1. The summed E-state index contributed by atoms with van der Waals surface area (Å²) in [7, 11) is 1.57. The Morgan fingerprint density at radius 2 is 1.74 bits per heavy atom. The Bertz CT molecular complexity index is 555. The van der Waals surface area contributed by atoms with Gasteiger partial charge in [-0.3, -0.25) is 4.90 Å². The summed E-state index contributed by atoms with van der Waals surface area (Å²) in [6.07, 6.45) is 0. The molecule has 0 aromatic heterocycles. The molecule has 0 radical (unpaired) electrons. The van der Waals surface area contributed by atoms with Gasteiger partial charge in [0.2, 0.25) is 0 Å². The topological polar surface area (TPSA) is 55.6 Å². The molecule has 2 aromatic carbocycles. The van der Waals surface area contributed by atoms with Gasteiger partial charge >= 0.3 is 6.03 Å². The SMILES string of the molecule is COc1ccccc1N(Cc1ccccc1)C(N)=O. The van der Waals surface area contributed by atoms with Crippen molar-refractivity contribution >= 4 is 11.7 Å². The first-order chi connectivity index (χ1) is 9.22. The van der Waals surface area contributed by atoms with Crippen LogP contribution in [0.3, 0.4) is 0 Å². The molecule has 98 valence electrons. The van der Waals surface area contributed by atoms with Crippen molar-refractivity contribution in [2.75, 3.05) is 12.0 Å². The van der Waals surface area contributed by atoms with Crippen LogP contribution in [0.1, 0.15) is 5.56 Å². The molecule has 0 spiro atoms. The second-order valence-corrected chi connectivity index (χ2v) is 4.08. The highest BCUT2D eigenvalue weighted by atomic mass is 16.5. The van der Waals surface area contributed by atoms with Crippen molar-refractivity contribution in [2.45, 2.75) is 6.54 Å². The number of amides is 2. The van der Waals surface area contributed by atoms with Gasteiger partial charge in [-0.1, -0.05) is 42.5 Å². The Balaban J connectivity index is 2.33. The van der Waals surface area contributed by atoms with Crippen LogP contribution in [0.4, 0.5) is 10.5 Å². The average Bonchev–Trinajstić information content (AvgIpc) is 2.45. The molecule has 0 saturated heterocycles. The molecule has 0 aliphatic rings. The predicted molar refractivity (Wildman–Crippen MR) is 75.2 cm³/mol. The number of nitrogens with zero attached hydrogens (tertiary/aromatic N) is 1. The van der Waals surface area contributed by atoms with Crippen molar-refractivity contribution in [3.8, 4) is 5.75 Å². The van der Waals surface area contributed by atoms with Crippen molar-refractivity contribution in [1.82, 2.24) is 0 Å². The minimum atomic E-state index is -0.506. The second kappa shape index (κ2) is 5.91. The summed E-state index contributed by atoms with van der Waals surface area (Å²) in [4.78, 5) is 13.2. The van der Waals surface area contributed by atoms with Gasteiger partial charge in [0.05, 0.1) is 19.3 Å². The standard InChI is InChI=1S/C15H16N2O2/c1-19-14-10-6-5-9-13(14)17(15(16)18)11-12-7-3-2-4-8-12/h2-10H,11H2,1H3,(H2,16,18). The van der Waals surface area contributed by atoms with E-state index in [1.807, 2.05) is 48.5 Å². The number of hydrogen-bond acceptors (Lipinski definition) is 2. The third-order valence-corrected chi connectivity index (χ3v) is 2.83. The maximum absolute atomic E-state index is 11.7. The number of ether oxygens (including phenoxy) is 1. The van der Waals surface area contributed by atoms with E-state index < -0.39 is 6.03 Å². The van der Waals surface area contributed by atoms with Crippen molar-refractivity contribution < 1.29 is 9.53 Å². The number of primary amides is 1. The second-order valence-electron chi connectivity index (χ2n) is 4.08. The molecule has 2 N–H and O–H groups in total. The van der Waals surface area contributed by atoms with Crippen molar-refractivity contribution in [3.05, 3.63) is 60.2 Å². The molecule has 4 nitrogen and oxygen atoms in total. The van der Waals surface area contributed by atoms with Crippen LogP contribution in [-0.4, -0.2) is 13.1 Å². The van der Waals surface area contributed by atoms with Gasteiger partial charge in [0.25, 0.3) is 0 Å². The van der Waals surface area contributed by atoms with Crippen molar-refractivity contribution in [1.29, 1.82) is 0 Å². The molecule has 0 saturated carbocycles. The van der Waals surface area contributed by atoms with Gasteiger partial charge in [-0.15, -0.1) is 0 Å². The molecule has 0 atom stereocenters. The fraction of sp³-hybridized carbons (Fsp3) is 0.133. The minimum absolute atomic E-state index is 0.413. The van der Waals surface area contributed by atoms with Gasteiger partial charge in [-0.05, 0) is 17.7 Å². The summed E-state index contributed by atoms with van der Waals surface area (Å²) in [6.45, 7) is 0.413. The summed E-state index contributed by atoms with van der Waals surface area (Å²) < 4.78 is 5.26. The quantitative estimate of drug-likeness (QED) is 0.914. The molecule has 2 rings (SSSR count). The van der Waals surface area contributed by atoms with Gasteiger partial charge in [0.1, 0.15) is 5.75 Å². The molecule has 0 heterocycles. The number of hydrogen-bond donors (Lipinski definition) is 1. The van der Waals surface area contributed by atoms with Crippen LogP contribution < -0.4 is 15.4 Å². The van der Waals surface area contributed by atoms with Gasteiger partial charge in [-0.25, -0.2) is 4.79 Å². The Hall–Kier alpha value is -2.49. The van der Waals surface area contributed by atoms with E-state index in [1.165, 1.54) is 4.90 Å². The Labute approximate surface area is 112 Å². The van der Waals surface area contributed by atoms with Crippen LogP contribution in [0.5, 0.6) is 5.75 Å². The molecule has 2 amide bonds. The van der Waals surface area contributed by atoms with Gasteiger partial charge < -0.3 is 10.5 Å². The minimum Gasteiger partial charge on any atom is -0.495 e. The molecule has 0 aliphatic carbocycles. The highest BCUT2D eigenvalue weighted by Crippen LogP contribution is 2.28. The zero-order valence-electron chi connectivity index (χ0n) is 10.7. The van der Waals surface area contributed by atoms with Crippen molar-refractivity contribution in [3.63, 3.8) is 0 Å². The largest absolute Gasteiger partial charge is 0.495 e. The normalized spacial score (nSPS) is 9.95. The lowest BCUT2D eigenvalue weighted by Crippen LogP contribution is -2.35. The number of para-hydroxylation sites is 2. The van der Waals surface area contributed by atoms with E-state index >= 15 is 0 Å². The van der Waals surface area contributed by atoms with Crippen LogP contribution in [0.25, 0.3) is 0 Å². The first-order valence-electron chi connectivity index (χ1n) is 5.96. The zero-order chi connectivity index (χ0) is 13.7. The molecule has 0 aliphatic heterocycles. The maximum Gasteiger partial charge on any atom is 0.319 e. The number of rotatable bonds is 4. The lowest BCUT2D eigenvalue weighted by Gasteiger charge is -2.22. The van der Waals surface area contributed by atoms with Crippen molar-refractivity contribution in [2.24, 2.45) is 5.73 Å². The number of anilines is 1. The van der Waals surface area contributed by atoms with E-state index in [0.29, 0.717) is 18.0 Å². The lowest BCUT2D eigenvalue weighted by atomic mass is 10.2. The van der Waals surface area contributed by atoms with Crippen LogP contribution in [0.15, 0.2) is 54.6 Å². The number of carbonyl (C=O) groups excluding carboxylic acids is 1. The summed E-state index contributed by atoms with van der Waals surface area (Å²) in [5.74, 6) is 0.622. The van der Waals surface area contributed by atoms with Crippen LogP contribution in [-0.2, 0) is 6.54 Å². The molecule has 0 bridgehead atoms. The van der Waals surface area contributed by atoms with E-state index in [0.717, 1.165) is 5.56 Å². The van der Waals surface area contributed by atoms with E-state index in [2.05, 4.69) is 0 Å². The summed E-state index contributed by atoms with van der Waals surface area (Å²) in [5, 5.41) is 0. The smallest absolute Gasteiger partial charge is 0.319 e. The van der Waals surface area contributed by atoms with E-state index in [1.54, 1.807) is 13.2 Å². The molecule has 0 unspecified atom stereocenters. The first kappa shape index (κ1) is 13.0. The molecule has 0 fully saturated rings. The maximum atomic E-state index is 11.7. The number of nitrogens with two attached hydrogens (primary N) is 1. The Morgan fingerprint density at radius 1 is 1.11 bits per heavy atom. The van der Waals surface area contributed by atoms with Gasteiger partial charge in [0, 0.05) is 0 Å². The predicted octanol–water partition coefficient (Wildman–Crippen LogP) is 2.78. The number of benzene rings is 2. The molecule has 2 aromatic rings. The zero-order valence-corrected chi connectivity index (χ0v) is 10.7. The first-order valence-corrected chi connectivity index (χ1v) is 5.96. The molecule has 19 heavy (non-hydrogen) atoms. The van der Waals surface area contributed by atoms with E-state index in [4.69, 9.17) is 10.5 Å². The number of carbonyl (C=O) groups is 1. The monoisotopic (exact) mass is 256 g/mol. The molecular weight excluding hydrogens is 240 g/mol. The van der Waals surface area contributed by atoms with Gasteiger partial charge in [0.15, 0.2) is 0 Å². The summed E-state index contributed by atoms with van der Waals surface area (Å²) in [5.41, 5.74) is 7.15. The highest BCUT2D eigenvalue weighted by molar-refractivity contribution is 5.92. The Kier molecular flexibility index (Phi) is 4.03. The lowest BCUT2D eigenvalue weighted by molar-refractivity contribution is 0.253. The van der Waals surface area contributed by atoms with Crippen LogP contribution >= 0.6 is 0 Å². The Morgan fingerprint density at radius 3 is 2.37 bits per heavy atom. The van der Waals surface area contributed by atoms with Gasteiger partial charge in [-0.2, -0.15) is 0 Å². The third kappa shape index (κ3) is 3.04. The fourth-order valence-corrected chi connectivity index (χ4v) is 1.90. The van der Waals surface area contributed by atoms with E-state index in [9.17, 15) is 4.79 Å². The van der Waals surface area contributed by atoms with Crippen LogP contribution in [0, 0.1) is 0 Å². The number of urea groups is 1. The summed E-state index contributed by atoms with van der Waals surface area (Å²) in [6, 6.07) is 16.5.